The summed E-state index contributed by atoms with van der Waals surface area (Å²) >= 11 is 5.83. The number of nitrogens with zero attached hydrogens (tertiary/aromatic N) is 3. The minimum Gasteiger partial charge on any atom is -0.351 e. The number of rotatable bonds is 4. The van der Waals surface area contributed by atoms with Crippen LogP contribution >= 0.6 is 12.2 Å². The smallest absolute Gasteiger partial charge is 0.258 e. The van der Waals surface area contributed by atoms with Gasteiger partial charge in [0.1, 0.15) is 5.82 Å². The first-order valence-corrected chi connectivity index (χ1v) is 11.8. The van der Waals surface area contributed by atoms with Gasteiger partial charge in [-0.05, 0) is 80.9 Å². The molecule has 0 saturated heterocycles. The van der Waals surface area contributed by atoms with E-state index in [2.05, 4.69) is 59.6 Å². The number of hydrogen-bond donors (Lipinski definition) is 1. The van der Waals surface area contributed by atoms with E-state index in [1.165, 1.54) is 23.3 Å². The van der Waals surface area contributed by atoms with Crippen LogP contribution in [0.1, 0.15) is 41.1 Å². The van der Waals surface area contributed by atoms with Crippen LogP contribution in [0.2, 0.25) is 0 Å². The molecule has 1 unspecified atom stereocenters. The molecule has 0 amide bonds. The Bertz CT molecular complexity index is 1460. The van der Waals surface area contributed by atoms with Crippen LogP contribution in [0.3, 0.4) is 0 Å². The molecule has 5 nitrogen and oxygen atoms in total. The number of benzene rings is 3. The fraction of sp³-hybridized carbons (Fsp3) is 0.179. The standard InChI is InChI=1S/C28H25FN4OS/c1-16-8-12-23(13-9-16)33-19(4)24(25(30-28(33)35)20-11-10-17(2)18(3)14-20)27-31-26(32-34-27)21-6-5-7-22(29)15-21/h5-15,25H,1-4H3,(H,30,35). The van der Waals surface area contributed by atoms with Crippen molar-refractivity contribution in [2.45, 2.75) is 33.7 Å². The lowest BCUT2D eigenvalue weighted by Crippen LogP contribution is -2.46. The number of allylic oxidation sites excluding steroid dienone is 1. The average Bonchev–Trinajstić information content (AvgIpc) is 3.31. The fourth-order valence-corrected chi connectivity index (χ4v) is 4.66. The van der Waals surface area contributed by atoms with Gasteiger partial charge in [0.05, 0.1) is 11.6 Å². The second kappa shape index (κ2) is 9.07. The highest BCUT2D eigenvalue weighted by molar-refractivity contribution is 7.80. The second-order valence-electron chi connectivity index (χ2n) is 8.83. The van der Waals surface area contributed by atoms with E-state index in [9.17, 15) is 4.39 Å². The third kappa shape index (κ3) is 4.35. The van der Waals surface area contributed by atoms with Crippen molar-refractivity contribution in [3.8, 4) is 11.4 Å². The summed E-state index contributed by atoms with van der Waals surface area (Å²) in [5.41, 5.74) is 7.78. The highest BCUT2D eigenvalue weighted by Crippen LogP contribution is 2.39. The zero-order chi connectivity index (χ0) is 24.7. The van der Waals surface area contributed by atoms with Crippen molar-refractivity contribution in [1.82, 2.24) is 15.5 Å². The molecule has 1 aromatic heterocycles. The molecule has 0 aliphatic carbocycles. The molecule has 4 aromatic rings. The van der Waals surface area contributed by atoms with Gasteiger partial charge >= 0.3 is 0 Å². The van der Waals surface area contributed by atoms with Gasteiger partial charge in [-0.1, -0.05) is 53.2 Å². The molecular weight excluding hydrogens is 459 g/mol. The summed E-state index contributed by atoms with van der Waals surface area (Å²) in [6, 6.07) is 20.4. The minimum atomic E-state index is -0.354. The Morgan fingerprint density at radius 3 is 2.43 bits per heavy atom. The maximum atomic E-state index is 13.8. The molecule has 2 heterocycles. The van der Waals surface area contributed by atoms with Crippen LogP contribution in [-0.4, -0.2) is 15.3 Å². The number of halogens is 1. The Labute approximate surface area is 209 Å². The normalized spacial score (nSPS) is 16.0. The summed E-state index contributed by atoms with van der Waals surface area (Å²) in [6.45, 7) is 8.22. The van der Waals surface area contributed by atoms with Gasteiger partial charge in [0.2, 0.25) is 5.82 Å². The van der Waals surface area contributed by atoms with Crippen molar-refractivity contribution < 1.29 is 8.91 Å². The Morgan fingerprint density at radius 1 is 0.943 bits per heavy atom. The number of anilines is 1. The van der Waals surface area contributed by atoms with Gasteiger partial charge < -0.3 is 9.84 Å². The van der Waals surface area contributed by atoms with Crippen molar-refractivity contribution in [2.75, 3.05) is 4.90 Å². The van der Waals surface area contributed by atoms with Crippen molar-refractivity contribution in [3.05, 3.63) is 106 Å². The van der Waals surface area contributed by atoms with Gasteiger partial charge in [-0.25, -0.2) is 4.39 Å². The predicted molar refractivity (Wildman–Crippen MR) is 140 cm³/mol. The van der Waals surface area contributed by atoms with E-state index in [4.69, 9.17) is 16.7 Å². The summed E-state index contributed by atoms with van der Waals surface area (Å²) < 4.78 is 19.6. The van der Waals surface area contributed by atoms with Gasteiger partial charge in [-0.2, -0.15) is 4.98 Å². The average molecular weight is 485 g/mol. The monoisotopic (exact) mass is 484 g/mol. The summed E-state index contributed by atoms with van der Waals surface area (Å²) in [6.07, 6.45) is 0. The predicted octanol–water partition coefficient (Wildman–Crippen LogP) is 6.67. The number of thiocarbonyl (C=S) groups is 1. The number of aryl methyl sites for hydroxylation is 3. The van der Waals surface area contributed by atoms with E-state index in [1.54, 1.807) is 12.1 Å². The first kappa shape index (κ1) is 22.9. The molecule has 3 aromatic carbocycles. The first-order chi connectivity index (χ1) is 16.8. The maximum absolute atomic E-state index is 13.8. The van der Waals surface area contributed by atoms with Gasteiger partial charge in [0, 0.05) is 16.9 Å². The molecule has 0 spiro atoms. The van der Waals surface area contributed by atoms with Gasteiger partial charge in [0.15, 0.2) is 5.11 Å². The highest BCUT2D eigenvalue weighted by Gasteiger charge is 2.35. The SMILES string of the molecule is CC1=C(c2nc(-c3cccc(F)c3)no2)C(c2ccc(C)c(C)c2)NC(=S)N1c1ccc(C)cc1. The molecule has 0 fully saturated rings. The van der Waals surface area contributed by atoms with Crippen LogP contribution in [0.25, 0.3) is 17.0 Å². The van der Waals surface area contributed by atoms with Crippen molar-refractivity contribution in [3.63, 3.8) is 0 Å². The molecule has 1 aliphatic heterocycles. The van der Waals surface area contributed by atoms with Crippen LogP contribution in [0.5, 0.6) is 0 Å². The zero-order valence-corrected chi connectivity index (χ0v) is 20.8. The molecule has 1 atom stereocenters. The summed E-state index contributed by atoms with van der Waals surface area (Å²) in [5.74, 6) is 0.332. The van der Waals surface area contributed by atoms with Crippen molar-refractivity contribution >= 4 is 28.6 Å². The largest absolute Gasteiger partial charge is 0.351 e. The third-order valence-electron chi connectivity index (χ3n) is 6.38. The van der Waals surface area contributed by atoms with E-state index in [-0.39, 0.29) is 11.9 Å². The molecule has 1 aliphatic rings. The van der Waals surface area contributed by atoms with E-state index in [0.29, 0.717) is 22.4 Å². The number of nitrogens with one attached hydrogen (secondary N) is 1. The lowest BCUT2D eigenvalue weighted by Gasteiger charge is -2.37. The summed E-state index contributed by atoms with van der Waals surface area (Å²) in [4.78, 5) is 6.65. The quantitative estimate of drug-likeness (QED) is 0.327. The fourth-order valence-electron chi connectivity index (χ4n) is 4.30. The van der Waals surface area contributed by atoms with Gasteiger partial charge in [-0.15, -0.1) is 0 Å². The van der Waals surface area contributed by atoms with Crippen LogP contribution in [0.15, 0.2) is 77.0 Å². The molecule has 0 saturated carbocycles. The van der Waals surface area contributed by atoms with Crippen molar-refractivity contribution in [2.24, 2.45) is 0 Å². The maximum Gasteiger partial charge on any atom is 0.258 e. The molecule has 0 radical (unpaired) electrons. The van der Waals surface area contributed by atoms with Crippen LogP contribution in [-0.2, 0) is 0 Å². The number of aromatic nitrogens is 2. The zero-order valence-electron chi connectivity index (χ0n) is 20.0. The third-order valence-corrected chi connectivity index (χ3v) is 6.68. The molecular formula is C28H25FN4OS. The molecule has 35 heavy (non-hydrogen) atoms. The van der Waals surface area contributed by atoms with Gasteiger partial charge in [0.25, 0.3) is 5.89 Å². The summed E-state index contributed by atoms with van der Waals surface area (Å²) in [7, 11) is 0. The Balaban J connectivity index is 1.67. The van der Waals surface area contributed by atoms with Crippen molar-refractivity contribution in [1.29, 1.82) is 0 Å². The van der Waals surface area contributed by atoms with E-state index >= 15 is 0 Å². The number of hydrogen-bond acceptors (Lipinski definition) is 4. The molecule has 176 valence electrons. The van der Waals surface area contributed by atoms with E-state index < -0.39 is 0 Å². The Morgan fingerprint density at radius 2 is 1.71 bits per heavy atom. The summed E-state index contributed by atoms with van der Waals surface area (Å²) in [5, 5.41) is 8.24. The van der Waals surface area contributed by atoms with Crippen LogP contribution < -0.4 is 10.2 Å². The molecule has 0 bridgehead atoms. The van der Waals surface area contributed by atoms with Crippen LogP contribution in [0.4, 0.5) is 10.1 Å². The second-order valence-corrected chi connectivity index (χ2v) is 9.22. The van der Waals surface area contributed by atoms with E-state index in [1.807, 2.05) is 30.9 Å². The lowest BCUT2D eigenvalue weighted by molar-refractivity contribution is 0.404. The van der Waals surface area contributed by atoms with Gasteiger partial charge in [-0.3, -0.25) is 4.90 Å². The highest BCUT2D eigenvalue weighted by atomic mass is 32.1. The molecule has 5 rings (SSSR count). The first-order valence-electron chi connectivity index (χ1n) is 11.4. The molecule has 1 N–H and O–H groups in total. The lowest BCUT2D eigenvalue weighted by atomic mass is 9.92. The van der Waals surface area contributed by atoms with E-state index in [0.717, 1.165) is 28.1 Å². The minimum absolute atomic E-state index is 0.288. The molecule has 7 heteroatoms. The van der Waals surface area contributed by atoms with Crippen LogP contribution in [0, 0.1) is 26.6 Å². The Hall–Kier alpha value is -3.84. The topological polar surface area (TPSA) is 54.2 Å². The Kier molecular flexibility index (Phi) is 5.94.